The predicted molar refractivity (Wildman–Crippen MR) is 120 cm³/mol. The van der Waals surface area contributed by atoms with E-state index in [9.17, 15) is 19.2 Å². The molecule has 0 bridgehead atoms. The summed E-state index contributed by atoms with van der Waals surface area (Å²) in [6.07, 6.45) is -0.461. The molecule has 0 aliphatic heterocycles. The van der Waals surface area contributed by atoms with Crippen LogP contribution in [0.3, 0.4) is 0 Å². The third kappa shape index (κ3) is 9.82. The second-order valence-electron chi connectivity index (χ2n) is 9.52. The molecule has 0 heterocycles. The van der Waals surface area contributed by atoms with Crippen molar-refractivity contribution in [3.05, 3.63) is 0 Å². The summed E-state index contributed by atoms with van der Waals surface area (Å²) in [7, 11) is 2.80. The minimum absolute atomic E-state index is 0.129. The van der Waals surface area contributed by atoms with Crippen LogP contribution in [0.15, 0.2) is 0 Å². The van der Waals surface area contributed by atoms with Gasteiger partial charge in [-0.05, 0) is 46.0 Å². The van der Waals surface area contributed by atoms with Crippen LogP contribution in [0.2, 0.25) is 0 Å². The lowest BCUT2D eigenvalue weighted by atomic mass is 10.0. The van der Waals surface area contributed by atoms with Crippen LogP contribution in [-0.4, -0.2) is 71.8 Å². The van der Waals surface area contributed by atoms with E-state index in [1.54, 1.807) is 34.6 Å². The molecule has 3 atom stereocenters. The van der Waals surface area contributed by atoms with E-state index in [1.165, 1.54) is 21.1 Å². The van der Waals surface area contributed by atoms with Crippen molar-refractivity contribution < 1.29 is 28.8 Å². The second kappa shape index (κ2) is 12.6. The molecule has 0 aliphatic carbocycles. The number of nitrogens with two attached hydrogens (primary N) is 1. The first-order valence-corrected chi connectivity index (χ1v) is 10.7. The molecule has 186 valence electrons. The molecule has 0 aliphatic rings. The smallest absolute Gasteiger partial charge is 0.425 e. The molecule has 0 aromatic carbocycles. The first-order valence-electron chi connectivity index (χ1n) is 10.7. The molecule has 4 N–H and O–H groups in total. The van der Waals surface area contributed by atoms with E-state index in [1.807, 2.05) is 13.8 Å². The number of hydroxylamine groups is 2. The number of ether oxygens (including phenoxy) is 1. The highest BCUT2D eigenvalue weighted by molar-refractivity contribution is 5.93. The zero-order chi connectivity index (χ0) is 25.4. The summed E-state index contributed by atoms with van der Waals surface area (Å²) >= 11 is 0. The fourth-order valence-electron chi connectivity index (χ4n) is 2.84. The van der Waals surface area contributed by atoms with Crippen molar-refractivity contribution in [2.45, 2.75) is 85.5 Å². The van der Waals surface area contributed by atoms with Crippen molar-refractivity contribution in [3.63, 3.8) is 0 Å². The topological polar surface area (TPSA) is 143 Å². The molecule has 0 fully saturated rings. The molecule has 0 aromatic heterocycles. The Morgan fingerprint density at radius 3 is 1.91 bits per heavy atom. The molecule has 0 aromatic rings. The Kier molecular flexibility index (Phi) is 11.6. The van der Waals surface area contributed by atoms with Gasteiger partial charge in [0.25, 0.3) is 5.91 Å². The zero-order valence-electron chi connectivity index (χ0n) is 21.0. The van der Waals surface area contributed by atoms with Gasteiger partial charge in [0.1, 0.15) is 23.7 Å². The molecule has 0 spiro atoms. The standard InChI is InChI=1S/C21H41N5O6/c1-12(2)11-15(19(29)25(9)31-10)24-17(27)14(5)23-18(28)16(13(3)4)26(22)20(30)32-21(6,7)8/h12-16H,11,22H2,1-10H3,(H,23,28)(H,24,27)/t14-,15-,16-/m0/s1. The summed E-state index contributed by atoms with van der Waals surface area (Å²) in [5, 5.41) is 6.99. The van der Waals surface area contributed by atoms with Crippen LogP contribution in [0, 0.1) is 11.8 Å². The van der Waals surface area contributed by atoms with E-state index in [0.29, 0.717) is 6.42 Å². The second-order valence-corrected chi connectivity index (χ2v) is 9.52. The molecule has 0 saturated heterocycles. The summed E-state index contributed by atoms with van der Waals surface area (Å²) in [4.78, 5) is 55.3. The molecular formula is C21H41N5O6. The highest BCUT2D eigenvalue weighted by atomic mass is 16.7. The average Bonchev–Trinajstić information content (AvgIpc) is 2.63. The first-order chi connectivity index (χ1) is 14.5. The third-order valence-electron chi connectivity index (χ3n) is 4.46. The number of amides is 4. The monoisotopic (exact) mass is 459 g/mol. The van der Waals surface area contributed by atoms with Gasteiger partial charge in [-0.1, -0.05) is 27.7 Å². The number of carbonyl (C=O) groups is 4. The number of hydrogen-bond acceptors (Lipinski definition) is 7. The van der Waals surface area contributed by atoms with Gasteiger partial charge in [0.2, 0.25) is 11.8 Å². The van der Waals surface area contributed by atoms with Gasteiger partial charge >= 0.3 is 6.09 Å². The fourth-order valence-corrected chi connectivity index (χ4v) is 2.84. The quantitative estimate of drug-likeness (QED) is 0.253. The van der Waals surface area contributed by atoms with Crippen LogP contribution < -0.4 is 16.5 Å². The highest BCUT2D eigenvalue weighted by Gasteiger charge is 2.35. The van der Waals surface area contributed by atoms with Crippen LogP contribution in [0.4, 0.5) is 4.79 Å². The molecule has 0 saturated carbocycles. The number of carbonyl (C=O) groups excluding carboxylic acids is 4. The SMILES string of the molecule is CON(C)C(=O)[C@H](CC(C)C)NC(=O)[C@H](C)NC(=O)[C@H](C(C)C)N(N)C(=O)OC(C)(C)C. The first kappa shape index (κ1) is 29.6. The number of nitrogens with one attached hydrogen (secondary N) is 2. The van der Waals surface area contributed by atoms with Gasteiger partial charge in [-0.15, -0.1) is 0 Å². The Balaban J connectivity index is 5.32. The zero-order valence-corrected chi connectivity index (χ0v) is 21.0. The Morgan fingerprint density at radius 1 is 0.969 bits per heavy atom. The van der Waals surface area contributed by atoms with Gasteiger partial charge in [-0.2, -0.15) is 0 Å². The van der Waals surface area contributed by atoms with Gasteiger partial charge in [0.15, 0.2) is 0 Å². The van der Waals surface area contributed by atoms with Crippen LogP contribution in [0.1, 0.15) is 61.8 Å². The lowest BCUT2D eigenvalue weighted by Crippen LogP contribution is -2.60. The summed E-state index contributed by atoms with van der Waals surface area (Å²) in [5.41, 5.74) is -0.785. The Bertz CT molecular complexity index is 662. The summed E-state index contributed by atoms with van der Waals surface area (Å²) in [6, 6.07) is -2.86. The average molecular weight is 460 g/mol. The van der Waals surface area contributed by atoms with Crippen molar-refractivity contribution in [1.29, 1.82) is 0 Å². The summed E-state index contributed by atoms with van der Waals surface area (Å²) in [6.45, 7) is 13.8. The summed E-state index contributed by atoms with van der Waals surface area (Å²) in [5.74, 6) is 4.08. The molecule has 11 nitrogen and oxygen atoms in total. The van der Waals surface area contributed by atoms with Crippen LogP contribution in [0.25, 0.3) is 0 Å². The third-order valence-corrected chi connectivity index (χ3v) is 4.46. The summed E-state index contributed by atoms with van der Waals surface area (Å²) < 4.78 is 5.23. The Hall–Kier alpha value is -2.40. The number of nitrogens with zero attached hydrogens (tertiary/aromatic N) is 2. The molecule has 0 radical (unpaired) electrons. The maximum absolute atomic E-state index is 12.8. The molecular weight excluding hydrogens is 418 g/mol. The van der Waals surface area contributed by atoms with Gasteiger partial charge < -0.3 is 15.4 Å². The maximum Gasteiger partial charge on any atom is 0.425 e. The minimum atomic E-state index is -1.06. The Morgan fingerprint density at radius 2 is 1.50 bits per heavy atom. The normalized spacial score (nSPS) is 14.4. The predicted octanol–water partition coefficient (Wildman–Crippen LogP) is 1.18. The van der Waals surface area contributed by atoms with E-state index in [0.717, 1.165) is 10.1 Å². The number of hydrazine groups is 1. The van der Waals surface area contributed by atoms with Crippen molar-refractivity contribution in [2.24, 2.45) is 17.7 Å². The van der Waals surface area contributed by atoms with Crippen molar-refractivity contribution in [1.82, 2.24) is 20.7 Å². The van der Waals surface area contributed by atoms with E-state index in [-0.39, 0.29) is 11.8 Å². The van der Waals surface area contributed by atoms with Crippen molar-refractivity contribution in [2.75, 3.05) is 14.2 Å². The Labute approximate surface area is 191 Å². The fraction of sp³-hybridized carbons (Fsp3) is 0.810. The van der Waals surface area contributed by atoms with E-state index < -0.39 is 47.5 Å². The van der Waals surface area contributed by atoms with Crippen molar-refractivity contribution in [3.8, 4) is 0 Å². The van der Waals surface area contributed by atoms with E-state index in [4.69, 9.17) is 15.4 Å². The van der Waals surface area contributed by atoms with Crippen LogP contribution in [-0.2, 0) is 24.0 Å². The number of rotatable bonds is 10. The molecule has 32 heavy (non-hydrogen) atoms. The molecule has 0 unspecified atom stereocenters. The van der Waals surface area contributed by atoms with Crippen LogP contribution >= 0.6 is 0 Å². The van der Waals surface area contributed by atoms with Gasteiger partial charge in [-0.25, -0.2) is 20.7 Å². The van der Waals surface area contributed by atoms with Gasteiger partial charge in [-0.3, -0.25) is 19.2 Å². The van der Waals surface area contributed by atoms with Crippen molar-refractivity contribution >= 4 is 23.8 Å². The number of likely N-dealkylation sites (N-methyl/N-ethyl adjacent to an activating group) is 1. The lowest BCUT2D eigenvalue weighted by molar-refractivity contribution is -0.172. The maximum atomic E-state index is 12.8. The molecule has 11 heteroatoms. The largest absolute Gasteiger partial charge is 0.443 e. The van der Waals surface area contributed by atoms with E-state index in [2.05, 4.69) is 10.6 Å². The lowest BCUT2D eigenvalue weighted by Gasteiger charge is -2.32. The van der Waals surface area contributed by atoms with E-state index >= 15 is 0 Å². The molecule has 0 rings (SSSR count). The van der Waals surface area contributed by atoms with Gasteiger partial charge in [0.05, 0.1) is 7.11 Å². The minimum Gasteiger partial charge on any atom is -0.443 e. The molecule has 4 amide bonds. The number of hydrogen-bond donors (Lipinski definition) is 3. The highest BCUT2D eigenvalue weighted by Crippen LogP contribution is 2.14. The van der Waals surface area contributed by atoms with Crippen LogP contribution in [0.5, 0.6) is 0 Å². The van der Waals surface area contributed by atoms with Gasteiger partial charge in [0, 0.05) is 7.05 Å².